The van der Waals surface area contributed by atoms with Crippen molar-refractivity contribution >= 4 is 5.91 Å². The fourth-order valence-electron chi connectivity index (χ4n) is 1.85. The van der Waals surface area contributed by atoms with Gasteiger partial charge in [0.1, 0.15) is 6.26 Å². The Kier molecular flexibility index (Phi) is 3.56. The highest BCUT2D eigenvalue weighted by molar-refractivity contribution is 5.78. The van der Waals surface area contributed by atoms with Gasteiger partial charge in [0.2, 0.25) is 5.91 Å². The summed E-state index contributed by atoms with van der Waals surface area (Å²) >= 11 is 0. The molecule has 2 rings (SSSR count). The summed E-state index contributed by atoms with van der Waals surface area (Å²) in [6.45, 7) is 5.28. The molecule has 1 aliphatic rings. The van der Waals surface area contributed by atoms with E-state index in [1.54, 1.807) is 13.2 Å². The largest absolute Gasteiger partial charge is 0.449 e. The number of amides is 1. The molecule has 1 saturated heterocycles. The molecule has 1 amide bonds. The third-order valence-electron chi connectivity index (χ3n) is 2.69. The van der Waals surface area contributed by atoms with Crippen LogP contribution in [-0.4, -0.2) is 42.0 Å². The number of hydrogen-bond acceptors (Lipinski definition) is 4. The zero-order valence-corrected chi connectivity index (χ0v) is 9.53. The van der Waals surface area contributed by atoms with Gasteiger partial charge in [-0.1, -0.05) is 0 Å². The van der Waals surface area contributed by atoms with Gasteiger partial charge in [-0.3, -0.25) is 4.79 Å². The third kappa shape index (κ3) is 2.82. The molecule has 1 aromatic rings. The van der Waals surface area contributed by atoms with Gasteiger partial charge in [0.25, 0.3) is 0 Å². The number of rotatable bonds is 2. The standard InChI is InChI=1S/C11H17N3O2/c1-9-13-10(8-16-9)7-11(15)14-5-2-3-12-4-6-14/h8,12H,2-7H2,1H3. The first kappa shape index (κ1) is 11.1. The van der Waals surface area contributed by atoms with Crippen LogP contribution in [0.4, 0.5) is 0 Å². The normalized spacial score (nSPS) is 17.2. The van der Waals surface area contributed by atoms with Crippen molar-refractivity contribution in [3.05, 3.63) is 17.8 Å². The molecule has 2 heterocycles. The number of oxazole rings is 1. The Labute approximate surface area is 94.8 Å². The Morgan fingerprint density at radius 1 is 1.56 bits per heavy atom. The Hall–Kier alpha value is -1.36. The molecular weight excluding hydrogens is 206 g/mol. The number of carbonyl (C=O) groups is 1. The van der Waals surface area contributed by atoms with Crippen LogP contribution in [0.15, 0.2) is 10.7 Å². The van der Waals surface area contributed by atoms with E-state index in [0.29, 0.717) is 12.3 Å². The SMILES string of the molecule is Cc1nc(CC(=O)N2CCCNCC2)co1. The lowest BCUT2D eigenvalue weighted by Crippen LogP contribution is -2.35. The van der Waals surface area contributed by atoms with Gasteiger partial charge in [-0.2, -0.15) is 0 Å². The highest BCUT2D eigenvalue weighted by Gasteiger charge is 2.16. The molecule has 1 aromatic heterocycles. The first-order chi connectivity index (χ1) is 7.75. The van der Waals surface area contributed by atoms with Crippen LogP contribution >= 0.6 is 0 Å². The lowest BCUT2D eigenvalue weighted by molar-refractivity contribution is -0.130. The van der Waals surface area contributed by atoms with Crippen LogP contribution in [0.2, 0.25) is 0 Å². The molecule has 0 aromatic carbocycles. The van der Waals surface area contributed by atoms with E-state index < -0.39 is 0 Å². The summed E-state index contributed by atoms with van der Waals surface area (Å²) in [6.07, 6.45) is 2.92. The second kappa shape index (κ2) is 5.12. The molecule has 1 aliphatic heterocycles. The van der Waals surface area contributed by atoms with Gasteiger partial charge in [-0.15, -0.1) is 0 Å². The number of aryl methyl sites for hydroxylation is 1. The van der Waals surface area contributed by atoms with Crippen LogP contribution in [0.25, 0.3) is 0 Å². The first-order valence-electron chi connectivity index (χ1n) is 5.65. The fraction of sp³-hybridized carbons (Fsp3) is 0.636. The van der Waals surface area contributed by atoms with Crippen molar-refractivity contribution in [1.29, 1.82) is 0 Å². The molecule has 5 heteroatoms. The summed E-state index contributed by atoms with van der Waals surface area (Å²) in [5.41, 5.74) is 0.722. The topological polar surface area (TPSA) is 58.4 Å². The van der Waals surface area contributed by atoms with Crippen molar-refractivity contribution in [3.63, 3.8) is 0 Å². The maximum absolute atomic E-state index is 11.9. The van der Waals surface area contributed by atoms with Crippen LogP contribution in [0, 0.1) is 6.92 Å². The van der Waals surface area contributed by atoms with Crippen molar-refractivity contribution in [2.24, 2.45) is 0 Å². The smallest absolute Gasteiger partial charge is 0.228 e. The maximum Gasteiger partial charge on any atom is 0.228 e. The van der Waals surface area contributed by atoms with Crippen LogP contribution in [0.5, 0.6) is 0 Å². The summed E-state index contributed by atoms with van der Waals surface area (Å²) in [6, 6.07) is 0. The van der Waals surface area contributed by atoms with E-state index in [9.17, 15) is 4.79 Å². The minimum atomic E-state index is 0.136. The van der Waals surface area contributed by atoms with Crippen LogP contribution in [0.3, 0.4) is 0 Å². The van der Waals surface area contributed by atoms with E-state index in [-0.39, 0.29) is 5.91 Å². The highest BCUT2D eigenvalue weighted by atomic mass is 16.3. The van der Waals surface area contributed by atoms with Crippen molar-refractivity contribution in [2.45, 2.75) is 19.8 Å². The van der Waals surface area contributed by atoms with Gasteiger partial charge in [-0.25, -0.2) is 4.98 Å². The highest BCUT2D eigenvalue weighted by Crippen LogP contribution is 2.05. The van der Waals surface area contributed by atoms with Crippen molar-refractivity contribution in [3.8, 4) is 0 Å². The van der Waals surface area contributed by atoms with Crippen molar-refractivity contribution in [2.75, 3.05) is 26.2 Å². The molecule has 0 aliphatic carbocycles. The quantitative estimate of drug-likeness (QED) is 0.786. The molecule has 88 valence electrons. The summed E-state index contributed by atoms with van der Waals surface area (Å²) in [5, 5.41) is 3.27. The van der Waals surface area contributed by atoms with E-state index in [2.05, 4.69) is 10.3 Å². The van der Waals surface area contributed by atoms with E-state index in [0.717, 1.165) is 38.3 Å². The van der Waals surface area contributed by atoms with E-state index >= 15 is 0 Å². The number of nitrogens with zero attached hydrogens (tertiary/aromatic N) is 2. The van der Waals surface area contributed by atoms with Gasteiger partial charge in [0.15, 0.2) is 5.89 Å². The molecule has 0 saturated carbocycles. The zero-order chi connectivity index (χ0) is 11.4. The molecule has 0 spiro atoms. The second-order valence-corrected chi connectivity index (χ2v) is 4.02. The summed E-state index contributed by atoms with van der Waals surface area (Å²) in [7, 11) is 0. The molecule has 0 atom stereocenters. The summed E-state index contributed by atoms with van der Waals surface area (Å²) in [4.78, 5) is 18.0. The number of aromatic nitrogens is 1. The van der Waals surface area contributed by atoms with Crippen LogP contribution in [-0.2, 0) is 11.2 Å². The Balaban J connectivity index is 1.91. The number of carbonyl (C=O) groups excluding carboxylic acids is 1. The molecule has 1 N–H and O–H groups in total. The average molecular weight is 223 g/mol. The molecule has 0 radical (unpaired) electrons. The Morgan fingerprint density at radius 2 is 2.44 bits per heavy atom. The van der Waals surface area contributed by atoms with Gasteiger partial charge < -0.3 is 14.6 Å². The van der Waals surface area contributed by atoms with Crippen LogP contribution < -0.4 is 5.32 Å². The predicted octanol–water partition coefficient (Wildman–Crippen LogP) is 0.347. The molecule has 0 bridgehead atoms. The third-order valence-corrected chi connectivity index (χ3v) is 2.69. The molecule has 0 unspecified atom stereocenters. The van der Waals surface area contributed by atoms with Gasteiger partial charge >= 0.3 is 0 Å². The molecule has 5 nitrogen and oxygen atoms in total. The Morgan fingerprint density at radius 3 is 3.19 bits per heavy atom. The maximum atomic E-state index is 11.9. The number of nitrogens with one attached hydrogen (secondary N) is 1. The lowest BCUT2D eigenvalue weighted by Gasteiger charge is -2.19. The fourth-order valence-corrected chi connectivity index (χ4v) is 1.85. The van der Waals surface area contributed by atoms with Gasteiger partial charge in [0, 0.05) is 26.6 Å². The van der Waals surface area contributed by atoms with Crippen molar-refractivity contribution < 1.29 is 9.21 Å². The van der Waals surface area contributed by atoms with E-state index in [1.807, 2.05) is 4.90 Å². The zero-order valence-electron chi connectivity index (χ0n) is 9.53. The lowest BCUT2D eigenvalue weighted by atomic mass is 10.3. The van der Waals surface area contributed by atoms with Gasteiger partial charge in [0.05, 0.1) is 12.1 Å². The molecular formula is C11H17N3O2. The van der Waals surface area contributed by atoms with E-state index in [4.69, 9.17) is 4.42 Å². The summed E-state index contributed by atoms with van der Waals surface area (Å²) in [5.74, 6) is 0.748. The molecule has 16 heavy (non-hydrogen) atoms. The van der Waals surface area contributed by atoms with Crippen molar-refractivity contribution in [1.82, 2.24) is 15.2 Å². The average Bonchev–Trinajstić information content (AvgIpc) is 2.56. The first-order valence-corrected chi connectivity index (χ1v) is 5.65. The minimum absolute atomic E-state index is 0.136. The minimum Gasteiger partial charge on any atom is -0.449 e. The predicted molar refractivity (Wildman–Crippen MR) is 59.0 cm³/mol. The van der Waals surface area contributed by atoms with E-state index in [1.165, 1.54) is 0 Å². The molecule has 1 fully saturated rings. The monoisotopic (exact) mass is 223 g/mol. The Bertz CT molecular complexity index is 354. The number of hydrogen-bond donors (Lipinski definition) is 1. The van der Waals surface area contributed by atoms with Gasteiger partial charge in [-0.05, 0) is 13.0 Å². The summed E-state index contributed by atoms with van der Waals surface area (Å²) < 4.78 is 5.08. The second-order valence-electron chi connectivity index (χ2n) is 4.02. The van der Waals surface area contributed by atoms with Crippen LogP contribution in [0.1, 0.15) is 18.0 Å².